The van der Waals surface area contributed by atoms with Gasteiger partial charge >= 0.3 is 0 Å². The zero-order valence-corrected chi connectivity index (χ0v) is 7.28. The lowest BCUT2D eigenvalue weighted by Crippen LogP contribution is -2.10. The molecule has 60 valence electrons. The van der Waals surface area contributed by atoms with E-state index in [1.807, 2.05) is 0 Å². The highest BCUT2D eigenvalue weighted by Crippen LogP contribution is 2.06. The molecular weight excluding hydrogens is 182 g/mol. The van der Waals surface area contributed by atoms with E-state index in [2.05, 4.69) is 24.4 Å². The highest BCUT2D eigenvalue weighted by atomic mass is 32.1. The highest BCUT2D eigenvalue weighted by molar-refractivity contribution is 7.80. The minimum atomic E-state index is -0.699. The lowest BCUT2D eigenvalue weighted by Gasteiger charge is -2.02. The first-order chi connectivity index (χ1) is 5.07. The molecule has 0 saturated carbocycles. The van der Waals surface area contributed by atoms with Crippen molar-refractivity contribution in [3.8, 4) is 6.07 Å². The quantitative estimate of drug-likeness (QED) is 0.659. The van der Waals surface area contributed by atoms with Crippen molar-refractivity contribution < 1.29 is 10.2 Å². The van der Waals surface area contributed by atoms with Gasteiger partial charge in [-0.2, -0.15) is 5.26 Å². The molecule has 2 N–H and O–H groups in total. The summed E-state index contributed by atoms with van der Waals surface area (Å²) in [6, 6.07) is 1.79. The number of rotatable bonds is 4. The Bertz CT molecular complexity index is 209. The second kappa shape index (κ2) is 4.99. The van der Waals surface area contributed by atoms with E-state index in [1.165, 1.54) is 0 Å². The maximum Gasteiger partial charge on any atom is 0.174 e. The minimum Gasteiger partial charge on any atom is -0.502 e. The van der Waals surface area contributed by atoms with Crippen LogP contribution < -0.4 is 0 Å². The number of nitriles is 1. The summed E-state index contributed by atoms with van der Waals surface area (Å²) in [5.41, 5.74) is 0. The maximum atomic E-state index is 8.71. The van der Waals surface area contributed by atoms with Gasteiger partial charge in [0.25, 0.3) is 0 Å². The molecule has 0 saturated heterocycles. The van der Waals surface area contributed by atoms with Crippen LogP contribution >= 0.6 is 24.4 Å². The fourth-order valence-corrected chi connectivity index (χ4v) is 0.799. The van der Waals surface area contributed by atoms with Gasteiger partial charge in [0.2, 0.25) is 0 Å². The van der Waals surface area contributed by atoms with Crippen molar-refractivity contribution in [1.29, 1.82) is 5.26 Å². The Labute approximate surface area is 75.3 Å². The molecule has 1 atom stereocenters. The summed E-state index contributed by atoms with van der Waals surface area (Å²) in [5, 5.41) is 25.2. The van der Waals surface area contributed by atoms with Crippen molar-refractivity contribution in [2.24, 2.45) is 5.92 Å². The molecule has 0 radical (unpaired) electrons. The number of aliphatic hydroxyl groups is 2. The topological polar surface area (TPSA) is 64.2 Å². The predicted octanol–water partition coefficient (Wildman–Crippen LogP) is 1.68. The summed E-state index contributed by atoms with van der Waals surface area (Å²) in [5.74, 6) is -0.699. The van der Waals surface area contributed by atoms with Gasteiger partial charge in [0.05, 0.1) is 6.07 Å². The van der Waals surface area contributed by atoms with Crippen LogP contribution in [0.1, 0.15) is 12.8 Å². The Balaban J connectivity index is 3.82. The Hall–Kier alpha value is -0.730. The van der Waals surface area contributed by atoms with E-state index in [0.717, 1.165) is 0 Å². The first-order valence-corrected chi connectivity index (χ1v) is 3.73. The van der Waals surface area contributed by atoms with E-state index in [1.54, 1.807) is 6.07 Å². The van der Waals surface area contributed by atoms with E-state index in [0.29, 0.717) is 0 Å². The van der Waals surface area contributed by atoms with Gasteiger partial charge in [-0.1, -0.05) is 0 Å². The number of hydrogen-bond acceptors (Lipinski definition) is 3. The second-order valence-electron chi connectivity index (χ2n) is 1.95. The summed E-state index contributed by atoms with van der Waals surface area (Å²) >= 11 is 8.75. The largest absolute Gasteiger partial charge is 0.502 e. The van der Waals surface area contributed by atoms with Crippen LogP contribution in [0.4, 0.5) is 0 Å². The maximum absolute atomic E-state index is 8.71. The average molecular weight is 189 g/mol. The number of thiocarbonyl (C=S) groups is 2. The summed E-state index contributed by atoms with van der Waals surface area (Å²) in [6.45, 7) is 0. The Kier molecular flexibility index (Phi) is 4.66. The molecule has 0 aliphatic rings. The average Bonchev–Trinajstić information content (AvgIpc) is 1.87. The molecule has 11 heavy (non-hydrogen) atoms. The van der Waals surface area contributed by atoms with Gasteiger partial charge in [0.15, 0.2) is 10.1 Å². The molecule has 0 aliphatic carbocycles. The van der Waals surface area contributed by atoms with Gasteiger partial charge in [0, 0.05) is 6.42 Å². The molecule has 5 heteroatoms. The molecule has 0 aromatic rings. The van der Waals surface area contributed by atoms with Crippen LogP contribution in [0, 0.1) is 17.2 Å². The third-order valence-corrected chi connectivity index (χ3v) is 1.59. The summed E-state index contributed by atoms with van der Waals surface area (Å²) < 4.78 is 0. The molecule has 0 spiro atoms. The van der Waals surface area contributed by atoms with Crippen molar-refractivity contribution in [3.63, 3.8) is 0 Å². The molecule has 1 unspecified atom stereocenters. The third-order valence-electron chi connectivity index (χ3n) is 1.10. The molecule has 0 amide bonds. The predicted molar refractivity (Wildman–Crippen MR) is 48.8 cm³/mol. The SMILES string of the molecule is N#CC(CCC(O)=S)C(O)=S. The van der Waals surface area contributed by atoms with E-state index < -0.39 is 5.92 Å². The summed E-state index contributed by atoms with van der Waals surface area (Å²) in [4.78, 5) is 0. The molecule has 0 rings (SSSR count). The zero-order chi connectivity index (χ0) is 8.85. The fraction of sp³-hybridized carbons (Fsp3) is 0.500. The number of aliphatic hydroxyl groups excluding tert-OH is 2. The monoisotopic (exact) mass is 189 g/mol. The molecule has 0 aliphatic heterocycles. The van der Waals surface area contributed by atoms with Gasteiger partial charge in [-0.05, 0) is 30.9 Å². The van der Waals surface area contributed by atoms with Crippen LogP contribution in [0.5, 0.6) is 0 Å². The first kappa shape index (κ1) is 10.3. The van der Waals surface area contributed by atoms with Crippen LogP contribution in [-0.2, 0) is 0 Å². The molecule has 0 aromatic carbocycles. The summed E-state index contributed by atoms with van der Waals surface area (Å²) in [7, 11) is 0. The van der Waals surface area contributed by atoms with Gasteiger partial charge < -0.3 is 10.2 Å². The normalized spacial score (nSPS) is 11.5. The van der Waals surface area contributed by atoms with Crippen molar-refractivity contribution in [2.45, 2.75) is 12.8 Å². The molecule has 0 fully saturated rings. The second-order valence-corrected chi connectivity index (χ2v) is 2.84. The molecule has 3 nitrogen and oxygen atoms in total. The lowest BCUT2D eigenvalue weighted by molar-refractivity contribution is 0.505. The van der Waals surface area contributed by atoms with Crippen molar-refractivity contribution in [3.05, 3.63) is 0 Å². The van der Waals surface area contributed by atoms with Crippen LogP contribution in [0.15, 0.2) is 0 Å². The highest BCUT2D eigenvalue weighted by Gasteiger charge is 2.12. The molecule has 0 heterocycles. The lowest BCUT2D eigenvalue weighted by atomic mass is 10.1. The van der Waals surface area contributed by atoms with Gasteiger partial charge in [0.1, 0.15) is 5.92 Å². The van der Waals surface area contributed by atoms with Crippen LogP contribution in [0.3, 0.4) is 0 Å². The molecule has 0 bridgehead atoms. The number of nitrogens with zero attached hydrogens (tertiary/aromatic N) is 1. The summed E-state index contributed by atoms with van der Waals surface area (Å²) in [6.07, 6.45) is 0.495. The van der Waals surface area contributed by atoms with Gasteiger partial charge in [-0.25, -0.2) is 0 Å². The van der Waals surface area contributed by atoms with E-state index in [-0.39, 0.29) is 22.9 Å². The van der Waals surface area contributed by atoms with Crippen molar-refractivity contribution in [2.75, 3.05) is 0 Å². The first-order valence-electron chi connectivity index (χ1n) is 2.92. The Morgan fingerprint density at radius 1 is 1.45 bits per heavy atom. The Morgan fingerprint density at radius 2 is 2.00 bits per heavy atom. The minimum absolute atomic E-state index is 0.165. The fourth-order valence-electron chi connectivity index (χ4n) is 0.511. The van der Waals surface area contributed by atoms with Crippen LogP contribution in [-0.4, -0.2) is 20.3 Å². The van der Waals surface area contributed by atoms with Crippen LogP contribution in [0.25, 0.3) is 0 Å². The van der Waals surface area contributed by atoms with E-state index >= 15 is 0 Å². The van der Waals surface area contributed by atoms with Crippen molar-refractivity contribution >= 4 is 34.5 Å². The number of hydrogen-bond donors (Lipinski definition) is 2. The standard InChI is InChI=1S/C6H7NO2S2/c7-3-4(6(9)11)1-2-5(8)10/h4H,1-2H2,(H,8,10)(H,9,11). The zero-order valence-electron chi connectivity index (χ0n) is 5.65. The third kappa shape index (κ3) is 4.65. The Morgan fingerprint density at radius 3 is 2.27 bits per heavy atom. The van der Waals surface area contributed by atoms with E-state index in [4.69, 9.17) is 15.5 Å². The van der Waals surface area contributed by atoms with Crippen LogP contribution in [0.2, 0.25) is 0 Å². The van der Waals surface area contributed by atoms with Gasteiger partial charge in [-0.15, -0.1) is 0 Å². The van der Waals surface area contributed by atoms with Crippen molar-refractivity contribution in [1.82, 2.24) is 0 Å². The smallest absolute Gasteiger partial charge is 0.174 e. The van der Waals surface area contributed by atoms with Gasteiger partial charge in [-0.3, -0.25) is 0 Å². The van der Waals surface area contributed by atoms with E-state index in [9.17, 15) is 0 Å². The molecule has 0 aromatic heterocycles. The molecular formula is C6H7NO2S2.